The molecule has 1 atom stereocenters. The number of hydrogen-bond donors (Lipinski definition) is 2. The van der Waals surface area contributed by atoms with Gasteiger partial charge in [-0.1, -0.05) is 13.8 Å². The van der Waals surface area contributed by atoms with Gasteiger partial charge in [0.25, 0.3) is 5.91 Å². The third kappa shape index (κ3) is 4.44. The number of amides is 5. The van der Waals surface area contributed by atoms with Crippen molar-refractivity contribution in [1.29, 1.82) is 0 Å². The Labute approximate surface area is 129 Å². The second kappa shape index (κ2) is 7.24. The van der Waals surface area contributed by atoms with Crippen LogP contribution in [-0.2, 0) is 14.3 Å². The minimum Gasteiger partial charge on any atom is -0.450 e. The van der Waals surface area contributed by atoms with E-state index in [4.69, 9.17) is 0 Å². The van der Waals surface area contributed by atoms with Crippen molar-refractivity contribution in [1.82, 2.24) is 15.5 Å². The van der Waals surface area contributed by atoms with Gasteiger partial charge in [-0.15, -0.1) is 0 Å². The summed E-state index contributed by atoms with van der Waals surface area (Å²) in [6.45, 7) is 6.89. The fourth-order valence-electron chi connectivity index (χ4n) is 2.10. The molecular weight excluding hydrogens is 290 g/mol. The van der Waals surface area contributed by atoms with Gasteiger partial charge in [0.2, 0.25) is 5.91 Å². The molecule has 0 aromatic rings. The van der Waals surface area contributed by atoms with Gasteiger partial charge in [-0.2, -0.15) is 0 Å². The van der Waals surface area contributed by atoms with Crippen LogP contribution in [0.1, 0.15) is 40.5 Å². The molecule has 0 aliphatic carbocycles. The first kappa shape index (κ1) is 17.9. The number of nitrogens with zero attached hydrogens (tertiary/aromatic N) is 1. The first-order valence-corrected chi connectivity index (χ1v) is 7.30. The van der Waals surface area contributed by atoms with Gasteiger partial charge in [-0.05, 0) is 32.6 Å². The van der Waals surface area contributed by atoms with Gasteiger partial charge in [0.1, 0.15) is 12.1 Å². The Hall–Kier alpha value is -2.12. The molecule has 0 aromatic carbocycles. The lowest BCUT2D eigenvalue weighted by molar-refractivity contribution is -0.134. The van der Waals surface area contributed by atoms with E-state index in [1.807, 2.05) is 19.2 Å². The maximum absolute atomic E-state index is 12.3. The molecule has 0 unspecified atom stereocenters. The lowest BCUT2D eigenvalue weighted by Crippen LogP contribution is -2.46. The second-order valence-electron chi connectivity index (χ2n) is 5.85. The monoisotopic (exact) mass is 313 g/mol. The molecule has 0 bridgehead atoms. The zero-order valence-electron chi connectivity index (χ0n) is 13.4. The predicted molar refractivity (Wildman–Crippen MR) is 77.9 cm³/mol. The third-order valence-corrected chi connectivity index (χ3v) is 3.39. The van der Waals surface area contributed by atoms with Crippen LogP contribution in [0.5, 0.6) is 0 Å². The summed E-state index contributed by atoms with van der Waals surface area (Å²) in [5, 5.41) is 4.56. The topological polar surface area (TPSA) is 105 Å². The SMILES string of the molecule is CCOC(=O)NC(=O)CN1C(=O)N[C@@](C)(CCC(C)C)C1=O. The summed E-state index contributed by atoms with van der Waals surface area (Å²) in [7, 11) is 0. The average molecular weight is 313 g/mol. The van der Waals surface area contributed by atoms with E-state index in [9.17, 15) is 19.2 Å². The molecule has 0 radical (unpaired) electrons. The molecule has 5 amide bonds. The second-order valence-corrected chi connectivity index (χ2v) is 5.85. The summed E-state index contributed by atoms with van der Waals surface area (Å²) < 4.78 is 4.56. The lowest BCUT2D eigenvalue weighted by atomic mass is 9.92. The number of carbonyl (C=O) groups excluding carboxylic acids is 4. The van der Waals surface area contributed by atoms with E-state index in [-0.39, 0.29) is 6.61 Å². The molecule has 8 nitrogen and oxygen atoms in total. The number of imide groups is 2. The summed E-state index contributed by atoms with van der Waals surface area (Å²) >= 11 is 0. The highest BCUT2D eigenvalue weighted by molar-refractivity contribution is 6.09. The first-order chi connectivity index (χ1) is 10.2. The summed E-state index contributed by atoms with van der Waals surface area (Å²) in [4.78, 5) is 47.9. The fraction of sp³-hybridized carbons (Fsp3) is 0.714. The zero-order chi connectivity index (χ0) is 16.9. The average Bonchev–Trinajstić information content (AvgIpc) is 2.61. The number of nitrogens with one attached hydrogen (secondary N) is 2. The molecule has 1 aliphatic heterocycles. The van der Waals surface area contributed by atoms with Crippen LogP contribution < -0.4 is 10.6 Å². The van der Waals surface area contributed by atoms with E-state index < -0.39 is 36.0 Å². The van der Waals surface area contributed by atoms with Crippen molar-refractivity contribution in [3.8, 4) is 0 Å². The highest BCUT2D eigenvalue weighted by Gasteiger charge is 2.47. The van der Waals surface area contributed by atoms with Gasteiger partial charge in [0, 0.05) is 0 Å². The van der Waals surface area contributed by atoms with Crippen LogP contribution in [0.4, 0.5) is 9.59 Å². The molecule has 124 valence electrons. The summed E-state index contributed by atoms with van der Waals surface area (Å²) in [5.74, 6) is -0.838. The first-order valence-electron chi connectivity index (χ1n) is 7.30. The number of carbonyl (C=O) groups is 4. The Morgan fingerprint density at radius 3 is 2.55 bits per heavy atom. The van der Waals surface area contributed by atoms with Crippen molar-refractivity contribution in [3.63, 3.8) is 0 Å². The van der Waals surface area contributed by atoms with Crippen LogP contribution in [0, 0.1) is 5.92 Å². The lowest BCUT2D eigenvalue weighted by Gasteiger charge is -2.22. The van der Waals surface area contributed by atoms with Gasteiger partial charge in [-0.25, -0.2) is 9.59 Å². The number of alkyl carbamates (subject to hydrolysis) is 1. The molecular formula is C14H23N3O5. The molecule has 1 heterocycles. The van der Waals surface area contributed by atoms with Crippen LogP contribution >= 0.6 is 0 Å². The van der Waals surface area contributed by atoms with Gasteiger partial charge in [0.15, 0.2) is 0 Å². The van der Waals surface area contributed by atoms with Crippen molar-refractivity contribution in [2.24, 2.45) is 5.92 Å². The highest BCUT2D eigenvalue weighted by atomic mass is 16.5. The Morgan fingerprint density at radius 2 is 2.00 bits per heavy atom. The summed E-state index contributed by atoms with van der Waals surface area (Å²) in [5.41, 5.74) is -1.01. The minimum atomic E-state index is -1.01. The van der Waals surface area contributed by atoms with Crippen molar-refractivity contribution in [2.45, 2.75) is 46.1 Å². The normalized spacial score (nSPS) is 21.0. The Bertz CT molecular complexity index is 477. The van der Waals surface area contributed by atoms with E-state index in [1.54, 1.807) is 13.8 Å². The van der Waals surface area contributed by atoms with Crippen LogP contribution in [0.2, 0.25) is 0 Å². The third-order valence-electron chi connectivity index (χ3n) is 3.39. The van der Waals surface area contributed by atoms with Crippen LogP contribution in [0.15, 0.2) is 0 Å². The summed E-state index contributed by atoms with van der Waals surface area (Å²) in [6.07, 6.45) is 0.360. The molecule has 0 saturated carbocycles. The van der Waals surface area contributed by atoms with E-state index in [2.05, 4.69) is 10.1 Å². The minimum absolute atomic E-state index is 0.121. The van der Waals surface area contributed by atoms with Gasteiger partial charge in [-0.3, -0.25) is 19.8 Å². The molecule has 0 aromatic heterocycles. The fourth-order valence-corrected chi connectivity index (χ4v) is 2.10. The van der Waals surface area contributed by atoms with Crippen molar-refractivity contribution in [2.75, 3.05) is 13.2 Å². The van der Waals surface area contributed by atoms with Crippen molar-refractivity contribution < 1.29 is 23.9 Å². The molecule has 0 spiro atoms. The Kier molecular flexibility index (Phi) is 5.90. The Morgan fingerprint density at radius 1 is 1.36 bits per heavy atom. The zero-order valence-corrected chi connectivity index (χ0v) is 13.4. The predicted octanol–water partition coefficient (Wildman–Crippen LogP) is 1.01. The number of ether oxygens (including phenoxy) is 1. The van der Waals surface area contributed by atoms with Gasteiger partial charge < -0.3 is 10.1 Å². The van der Waals surface area contributed by atoms with E-state index >= 15 is 0 Å². The largest absolute Gasteiger partial charge is 0.450 e. The molecule has 1 aliphatic rings. The molecule has 22 heavy (non-hydrogen) atoms. The maximum atomic E-state index is 12.3. The van der Waals surface area contributed by atoms with Crippen molar-refractivity contribution in [3.05, 3.63) is 0 Å². The molecule has 1 rings (SSSR count). The van der Waals surface area contributed by atoms with E-state index in [1.165, 1.54) is 0 Å². The standard InChI is InChI=1S/C14H23N3O5/c1-5-22-13(21)15-10(18)8-17-11(19)14(4,16-12(17)20)7-6-9(2)3/h9H,5-8H2,1-4H3,(H,16,20)(H,15,18,21)/t14-/m0/s1. The quantitative estimate of drug-likeness (QED) is 0.712. The Balaban J connectivity index is 2.64. The maximum Gasteiger partial charge on any atom is 0.413 e. The number of urea groups is 1. The van der Waals surface area contributed by atoms with Crippen LogP contribution in [-0.4, -0.2) is 47.5 Å². The van der Waals surface area contributed by atoms with E-state index in [0.717, 1.165) is 11.3 Å². The van der Waals surface area contributed by atoms with Crippen LogP contribution in [0.25, 0.3) is 0 Å². The number of hydrogen-bond acceptors (Lipinski definition) is 5. The summed E-state index contributed by atoms with van der Waals surface area (Å²) in [6, 6.07) is -0.629. The van der Waals surface area contributed by atoms with Crippen molar-refractivity contribution >= 4 is 23.9 Å². The van der Waals surface area contributed by atoms with Crippen LogP contribution in [0.3, 0.4) is 0 Å². The smallest absolute Gasteiger partial charge is 0.413 e. The molecule has 2 N–H and O–H groups in total. The molecule has 1 saturated heterocycles. The number of rotatable bonds is 6. The highest BCUT2D eigenvalue weighted by Crippen LogP contribution is 2.24. The molecule has 1 fully saturated rings. The van der Waals surface area contributed by atoms with E-state index in [0.29, 0.717) is 12.3 Å². The molecule has 8 heteroatoms. The van der Waals surface area contributed by atoms with Gasteiger partial charge >= 0.3 is 12.1 Å². The van der Waals surface area contributed by atoms with Gasteiger partial charge in [0.05, 0.1) is 6.61 Å².